The van der Waals surface area contributed by atoms with Crippen LogP contribution in [0, 0.1) is 5.92 Å². The lowest BCUT2D eigenvalue weighted by Gasteiger charge is -2.41. The lowest BCUT2D eigenvalue weighted by Crippen LogP contribution is -2.53. The van der Waals surface area contributed by atoms with E-state index >= 15 is 0 Å². The van der Waals surface area contributed by atoms with E-state index in [2.05, 4.69) is 32.9 Å². The number of rotatable bonds is 2. The Hall–Kier alpha value is -1.35. The van der Waals surface area contributed by atoms with E-state index < -0.39 is 0 Å². The Morgan fingerprint density at radius 3 is 2.40 bits per heavy atom. The molecule has 2 aliphatic heterocycles. The molecular formula is C17H24N2O. The van der Waals surface area contributed by atoms with Crippen molar-refractivity contribution in [3.05, 3.63) is 35.4 Å². The molecule has 2 heterocycles. The molecule has 108 valence electrons. The van der Waals surface area contributed by atoms with Gasteiger partial charge in [0, 0.05) is 18.7 Å². The van der Waals surface area contributed by atoms with Gasteiger partial charge in [-0.25, -0.2) is 0 Å². The van der Waals surface area contributed by atoms with Crippen LogP contribution in [-0.2, 0) is 5.41 Å². The topological polar surface area (TPSA) is 46.3 Å². The Kier molecular flexibility index (Phi) is 2.94. The Morgan fingerprint density at radius 2 is 1.90 bits per heavy atom. The van der Waals surface area contributed by atoms with E-state index in [1.54, 1.807) is 0 Å². The lowest BCUT2D eigenvalue weighted by atomic mass is 9.73. The van der Waals surface area contributed by atoms with Gasteiger partial charge in [0.1, 0.15) is 0 Å². The van der Waals surface area contributed by atoms with Crippen LogP contribution in [0.1, 0.15) is 49.5 Å². The zero-order valence-electron chi connectivity index (χ0n) is 12.6. The predicted molar refractivity (Wildman–Crippen MR) is 80.7 cm³/mol. The number of benzene rings is 1. The molecular weight excluding hydrogens is 248 g/mol. The van der Waals surface area contributed by atoms with Gasteiger partial charge in [0.05, 0.1) is 5.54 Å². The van der Waals surface area contributed by atoms with Crippen molar-refractivity contribution in [3.63, 3.8) is 0 Å². The fourth-order valence-electron chi connectivity index (χ4n) is 3.66. The number of nitrogens with two attached hydrogens (primary N) is 1. The van der Waals surface area contributed by atoms with E-state index in [-0.39, 0.29) is 16.9 Å². The highest BCUT2D eigenvalue weighted by Crippen LogP contribution is 2.50. The van der Waals surface area contributed by atoms with E-state index in [0.717, 1.165) is 24.9 Å². The third kappa shape index (κ3) is 1.96. The van der Waals surface area contributed by atoms with Crippen molar-refractivity contribution in [1.29, 1.82) is 0 Å². The van der Waals surface area contributed by atoms with Crippen LogP contribution in [0.4, 0.5) is 0 Å². The first-order valence-corrected chi connectivity index (χ1v) is 7.48. The van der Waals surface area contributed by atoms with Gasteiger partial charge >= 0.3 is 0 Å². The maximum Gasteiger partial charge on any atom is 0.254 e. The molecule has 3 nitrogen and oxygen atoms in total. The molecule has 1 amide bonds. The molecule has 0 radical (unpaired) electrons. The monoisotopic (exact) mass is 272 g/mol. The van der Waals surface area contributed by atoms with Gasteiger partial charge in [-0.3, -0.25) is 4.79 Å². The third-order valence-electron chi connectivity index (χ3n) is 4.97. The number of carbonyl (C=O) groups is 1. The number of carbonyl (C=O) groups excluding carboxylic acids is 1. The summed E-state index contributed by atoms with van der Waals surface area (Å²) >= 11 is 0. The van der Waals surface area contributed by atoms with Crippen LogP contribution in [-0.4, -0.2) is 29.4 Å². The van der Waals surface area contributed by atoms with E-state index in [4.69, 9.17) is 5.73 Å². The number of amides is 1. The van der Waals surface area contributed by atoms with Crippen LogP contribution >= 0.6 is 0 Å². The van der Waals surface area contributed by atoms with Crippen LogP contribution in [0.5, 0.6) is 0 Å². The summed E-state index contributed by atoms with van der Waals surface area (Å²) < 4.78 is 0. The highest BCUT2D eigenvalue weighted by Gasteiger charge is 2.56. The van der Waals surface area contributed by atoms with Gasteiger partial charge < -0.3 is 10.6 Å². The summed E-state index contributed by atoms with van der Waals surface area (Å²) in [6.45, 7) is 8.03. The maximum atomic E-state index is 12.7. The predicted octanol–water partition coefficient (Wildman–Crippen LogP) is 2.55. The minimum atomic E-state index is -0.0373. The van der Waals surface area contributed by atoms with Crippen LogP contribution < -0.4 is 5.73 Å². The van der Waals surface area contributed by atoms with Crippen molar-refractivity contribution in [2.45, 2.75) is 44.6 Å². The molecule has 1 aliphatic carbocycles. The van der Waals surface area contributed by atoms with Crippen molar-refractivity contribution >= 4 is 5.91 Å². The SMILES string of the molecule is CC(C)(C)c1ccc(C(=O)N2CC3CC2(CN)C3)cc1. The number of hydrogen-bond acceptors (Lipinski definition) is 2. The molecule has 2 bridgehead atoms. The average molecular weight is 272 g/mol. The first-order chi connectivity index (χ1) is 9.36. The molecule has 3 aliphatic rings. The molecule has 1 saturated carbocycles. The Balaban J connectivity index is 1.81. The Bertz CT molecular complexity index is 521. The molecule has 1 aromatic rings. The highest BCUT2D eigenvalue weighted by atomic mass is 16.2. The van der Waals surface area contributed by atoms with Gasteiger partial charge in [0.25, 0.3) is 5.91 Å². The molecule has 0 aromatic heterocycles. The number of nitrogens with zero attached hydrogens (tertiary/aromatic N) is 1. The normalized spacial score (nSPS) is 28.4. The highest BCUT2D eigenvalue weighted by molar-refractivity contribution is 5.95. The molecule has 3 fully saturated rings. The van der Waals surface area contributed by atoms with Crippen LogP contribution in [0.25, 0.3) is 0 Å². The zero-order chi connectivity index (χ0) is 14.5. The molecule has 0 spiro atoms. The fourth-order valence-corrected chi connectivity index (χ4v) is 3.66. The molecule has 4 rings (SSSR count). The largest absolute Gasteiger partial charge is 0.331 e. The molecule has 1 aromatic carbocycles. The number of hydrogen-bond donors (Lipinski definition) is 1. The molecule has 3 heteroatoms. The summed E-state index contributed by atoms with van der Waals surface area (Å²) in [5, 5.41) is 0. The van der Waals surface area contributed by atoms with Crippen molar-refractivity contribution in [2.75, 3.05) is 13.1 Å². The van der Waals surface area contributed by atoms with Gasteiger partial charge in [-0.2, -0.15) is 0 Å². The molecule has 2 N–H and O–H groups in total. The van der Waals surface area contributed by atoms with Crippen molar-refractivity contribution < 1.29 is 4.79 Å². The van der Waals surface area contributed by atoms with Crippen molar-refractivity contribution in [1.82, 2.24) is 4.90 Å². The van der Waals surface area contributed by atoms with E-state index in [1.165, 1.54) is 5.56 Å². The minimum Gasteiger partial charge on any atom is -0.331 e. The third-order valence-corrected chi connectivity index (χ3v) is 4.97. The zero-order valence-corrected chi connectivity index (χ0v) is 12.6. The summed E-state index contributed by atoms with van der Waals surface area (Å²) in [6.07, 6.45) is 2.19. The Morgan fingerprint density at radius 1 is 1.30 bits per heavy atom. The second kappa shape index (κ2) is 4.32. The van der Waals surface area contributed by atoms with Gasteiger partial charge in [0.15, 0.2) is 0 Å². The van der Waals surface area contributed by atoms with Gasteiger partial charge in [-0.15, -0.1) is 0 Å². The maximum absolute atomic E-state index is 12.7. The lowest BCUT2D eigenvalue weighted by molar-refractivity contribution is 0.0585. The minimum absolute atomic E-state index is 0.0373. The van der Waals surface area contributed by atoms with Crippen LogP contribution in [0.3, 0.4) is 0 Å². The molecule has 20 heavy (non-hydrogen) atoms. The fraction of sp³-hybridized carbons (Fsp3) is 0.588. The van der Waals surface area contributed by atoms with Gasteiger partial charge in [-0.1, -0.05) is 32.9 Å². The van der Waals surface area contributed by atoms with Crippen molar-refractivity contribution in [3.8, 4) is 0 Å². The smallest absolute Gasteiger partial charge is 0.254 e. The second-order valence-electron chi connectivity index (χ2n) is 7.45. The van der Waals surface area contributed by atoms with Crippen molar-refractivity contribution in [2.24, 2.45) is 11.7 Å². The summed E-state index contributed by atoms with van der Waals surface area (Å²) in [4.78, 5) is 14.7. The standard InChI is InChI=1S/C17H24N2O/c1-16(2,3)14-6-4-13(5-7-14)15(20)19-10-12-8-17(19,9-12)11-18/h4-7,12H,8-11,18H2,1-3H3. The summed E-state index contributed by atoms with van der Waals surface area (Å²) in [7, 11) is 0. The molecule has 2 saturated heterocycles. The van der Waals surface area contributed by atoms with Gasteiger partial charge in [0.2, 0.25) is 0 Å². The molecule has 0 atom stereocenters. The van der Waals surface area contributed by atoms with Gasteiger partial charge in [-0.05, 0) is 41.9 Å². The van der Waals surface area contributed by atoms with E-state index in [0.29, 0.717) is 12.5 Å². The Labute approximate surface area is 121 Å². The first kappa shape index (κ1) is 13.6. The summed E-state index contributed by atoms with van der Waals surface area (Å²) in [6, 6.07) is 8.07. The first-order valence-electron chi connectivity index (χ1n) is 7.48. The average Bonchev–Trinajstić information content (AvgIpc) is 2.91. The quantitative estimate of drug-likeness (QED) is 0.899. The number of fused-ring (bicyclic) bond motifs is 1. The molecule has 0 unspecified atom stereocenters. The van der Waals surface area contributed by atoms with Crippen LogP contribution in [0.2, 0.25) is 0 Å². The summed E-state index contributed by atoms with van der Waals surface area (Å²) in [5.41, 5.74) is 8.03. The second-order valence-corrected chi connectivity index (χ2v) is 7.45. The van der Waals surface area contributed by atoms with E-state index in [9.17, 15) is 4.79 Å². The van der Waals surface area contributed by atoms with E-state index in [1.807, 2.05) is 17.0 Å². The summed E-state index contributed by atoms with van der Waals surface area (Å²) in [5.74, 6) is 0.826. The van der Waals surface area contributed by atoms with Crippen LogP contribution in [0.15, 0.2) is 24.3 Å².